The van der Waals surface area contributed by atoms with Crippen molar-refractivity contribution in [1.82, 2.24) is 10.6 Å². The molecular weight excluding hydrogens is 364 g/mol. The number of nitrogens with one attached hydrogen (secondary N) is 2. The van der Waals surface area contributed by atoms with E-state index < -0.39 is 5.97 Å². The van der Waals surface area contributed by atoms with E-state index in [4.69, 9.17) is 9.84 Å². The Bertz CT molecular complexity index is 765. The molecule has 2 amide bonds. The molecule has 1 atom stereocenters. The number of thioether (sulfide) groups is 1. The van der Waals surface area contributed by atoms with Crippen LogP contribution in [0.15, 0.2) is 53.4 Å². The van der Waals surface area contributed by atoms with Crippen molar-refractivity contribution < 1.29 is 19.4 Å². The third-order valence-electron chi connectivity index (χ3n) is 3.86. The summed E-state index contributed by atoms with van der Waals surface area (Å²) in [5, 5.41) is 14.5. The smallest absolute Gasteiger partial charge is 0.335 e. The molecule has 0 saturated heterocycles. The maximum Gasteiger partial charge on any atom is 0.335 e. The number of amides is 2. The van der Waals surface area contributed by atoms with Crippen LogP contribution < -0.4 is 15.4 Å². The molecule has 0 aliphatic heterocycles. The number of carboxylic acid groups (broad SMARTS) is 1. The molecule has 2 rings (SSSR count). The molecule has 0 heterocycles. The van der Waals surface area contributed by atoms with Crippen LogP contribution in [0.1, 0.15) is 22.8 Å². The first-order valence-corrected chi connectivity index (χ1v) is 9.58. The van der Waals surface area contributed by atoms with Crippen molar-refractivity contribution in [2.45, 2.75) is 18.4 Å². The van der Waals surface area contributed by atoms with E-state index in [9.17, 15) is 9.59 Å². The molecule has 0 bridgehead atoms. The zero-order chi connectivity index (χ0) is 19.6. The molecule has 0 radical (unpaired) electrons. The molecule has 0 aliphatic rings. The first kappa shape index (κ1) is 20.6. The van der Waals surface area contributed by atoms with Gasteiger partial charge in [-0.1, -0.05) is 31.2 Å². The molecular formula is C20H24N2O4S. The van der Waals surface area contributed by atoms with Crippen LogP contribution in [0.3, 0.4) is 0 Å². The van der Waals surface area contributed by atoms with Gasteiger partial charge in [-0.25, -0.2) is 9.59 Å². The third-order valence-corrected chi connectivity index (χ3v) is 5.24. The number of carboxylic acids is 1. The van der Waals surface area contributed by atoms with Gasteiger partial charge in [0.05, 0.1) is 12.7 Å². The van der Waals surface area contributed by atoms with Crippen molar-refractivity contribution in [3.63, 3.8) is 0 Å². The zero-order valence-electron chi connectivity index (χ0n) is 15.4. The van der Waals surface area contributed by atoms with Gasteiger partial charge in [-0.15, -0.1) is 11.8 Å². The van der Waals surface area contributed by atoms with Gasteiger partial charge in [0.15, 0.2) is 0 Å². The monoisotopic (exact) mass is 388 g/mol. The Morgan fingerprint density at radius 3 is 2.48 bits per heavy atom. The maximum atomic E-state index is 11.9. The molecule has 6 nitrogen and oxygen atoms in total. The van der Waals surface area contributed by atoms with E-state index in [2.05, 4.69) is 17.6 Å². The minimum absolute atomic E-state index is 0.226. The van der Waals surface area contributed by atoms with Crippen molar-refractivity contribution in [1.29, 1.82) is 0 Å². The lowest BCUT2D eigenvalue weighted by Gasteiger charge is -2.14. The average Bonchev–Trinajstić information content (AvgIpc) is 2.69. The van der Waals surface area contributed by atoms with Crippen LogP contribution >= 0.6 is 11.8 Å². The van der Waals surface area contributed by atoms with Crippen molar-refractivity contribution >= 4 is 23.8 Å². The van der Waals surface area contributed by atoms with E-state index in [1.807, 2.05) is 24.3 Å². The topological polar surface area (TPSA) is 87.7 Å². The van der Waals surface area contributed by atoms with Crippen molar-refractivity contribution in [3.8, 4) is 5.75 Å². The second kappa shape index (κ2) is 10.5. The predicted molar refractivity (Wildman–Crippen MR) is 107 cm³/mol. The maximum absolute atomic E-state index is 11.9. The Labute approximate surface area is 163 Å². The molecule has 0 saturated carbocycles. The summed E-state index contributed by atoms with van der Waals surface area (Å²) in [7, 11) is 1.66. The largest absolute Gasteiger partial charge is 0.496 e. The van der Waals surface area contributed by atoms with Crippen LogP contribution in [0.25, 0.3) is 0 Å². The first-order valence-electron chi connectivity index (χ1n) is 8.59. The normalized spacial score (nSPS) is 11.5. The summed E-state index contributed by atoms with van der Waals surface area (Å²) in [6, 6.07) is 14.0. The number of ether oxygens (including phenoxy) is 1. The van der Waals surface area contributed by atoms with Gasteiger partial charge in [-0.05, 0) is 35.7 Å². The van der Waals surface area contributed by atoms with Crippen LogP contribution in [0.2, 0.25) is 0 Å². The van der Waals surface area contributed by atoms with Gasteiger partial charge in [0.2, 0.25) is 0 Å². The van der Waals surface area contributed by atoms with Gasteiger partial charge in [0.1, 0.15) is 5.75 Å². The zero-order valence-corrected chi connectivity index (χ0v) is 16.2. The highest BCUT2D eigenvalue weighted by Gasteiger charge is 2.09. The third kappa shape index (κ3) is 6.86. The Hall–Kier alpha value is -2.67. The minimum Gasteiger partial charge on any atom is -0.496 e. The second-order valence-electron chi connectivity index (χ2n) is 6.13. The quantitative estimate of drug-likeness (QED) is 0.571. The number of carbonyl (C=O) groups excluding carboxylic acids is 1. The highest BCUT2D eigenvalue weighted by Crippen LogP contribution is 2.29. The predicted octanol–water partition coefficient (Wildman–Crippen LogP) is 3.62. The number of para-hydroxylation sites is 1. The van der Waals surface area contributed by atoms with Gasteiger partial charge < -0.3 is 20.5 Å². The Kier molecular flexibility index (Phi) is 8.00. The minimum atomic E-state index is -0.966. The average molecular weight is 388 g/mol. The SMILES string of the molecule is COc1ccccc1SCC(C)CNC(=O)NCc1ccc(C(=O)O)cc1. The van der Waals surface area contributed by atoms with Gasteiger partial charge in [0.25, 0.3) is 0 Å². The fourth-order valence-electron chi connectivity index (χ4n) is 2.31. The fraction of sp³-hybridized carbons (Fsp3) is 0.300. The lowest BCUT2D eigenvalue weighted by Crippen LogP contribution is -2.37. The Morgan fingerprint density at radius 2 is 1.81 bits per heavy atom. The van der Waals surface area contributed by atoms with E-state index in [1.54, 1.807) is 31.0 Å². The van der Waals surface area contributed by atoms with E-state index in [-0.39, 0.29) is 11.6 Å². The van der Waals surface area contributed by atoms with E-state index in [0.717, 1.165) is 22.0 Å². The number of aromatic carboxylic acids is 1. The summed E-state index contributed by atoms with van der Waals surface area (Å²) in [5.41, 5.74) is 1.07. The molecule has 2 aromatic rings. The highest BCUT2D eigenvalue weighted by atomic mass is 32.2. The molecule has 144 valence electrons. The summed E-state index contributed by atoms with van der Waals surface area (Å²) in [6.07, 6.45) is 0. The van der Waals surface area contributed by atoms with E-state index in [0.29, 0.717) is 19.0 Å². The fourth-order valence-corrected chi connectivity index (χ4v) is 3.36. The molecule has 0 fully saturated rings. The number of rotatable bonds is 9. The van der Waals surface area contributed by atoms with Crippen molar-refractivity contribution in [3.05, 3.63) is 59.7 Å². The Morgan fingerprint density at radius 1 is 1.11 bits per heavy atom. The van der Waals surface area contributed by atoms with Crippen LogP contribution in [0, 0.1) is 5.92 Å². The highest BCUT2D eigenvalue weighted by molar-refractivity contribution is 7.99. The number of urea groups is 1. The lowest BCUT2D eigenvalue weighted by atomic mass is 10.1. The number of benzene rings is 2. The molecule has 0 spiro atoms. The molecule has 1 unspecified atom stereocenters. The molecule has 0 aliphatic carbocycles. The molecule has 2 aromatic carbocycles. The number of methoxy groups -OCH3 is 1. The Balaban J connectivity index is 1.69. The van der Waals surface area contributed by atoms with E-state index in [1.165, 1.54) is 12.1 Å². The summed E-state index contributed by atoms with van der Waals surface area (Å²) in [4.78, 5) is 23.8. The second-order valence-corrected chi connectivity index (χ2v) is 7.19. The number of carbonyl (C=O) groups is 2. The van der Waals surface area contributed by atoms with Crippen LogP contribution in [-0.4, -0.2) is 36.5 Å². The summed E-state index contributed by atoms with van der Waals surface area (Å²) in [6.45, 7) is 2.98. The van der Waals surface area contributed by atoms with Crippen LogP contribution in [0.5, 0.6) is 5.75 Å². The van der Waals surface area contributed by atoms with Gasteiger partial charge in [-0.3, -0.25) is 0 Å². The van der Waals surface area contributed by atoms with Crippen molar-refractivity contribution in [2.75, 3.05) is 19.4 Å². The lowest BCUT2D eigenvalue weighted by molar-refractivity contribution is 0.0697. The van der Waals surface area contributed by atoms with Gasteiger partial charge in [-0.2, -0.15) is 0 Å². The van der Waals surface area contributed by atoms with Gasteiger partial charge >= 0.3 is 12.0 Å². The molecule has 3 N–H and O–H groups in total. The molecule has 7 heteroatoms. The number of hydrogen-bond acceptors (Lipinski definition) is 4. The standard InChI is InChI=1S/C20H24N2O4S/c1-14(13-27-18-6-4-3-5-17(18)26-2)11-21-20(25)22-12-15-7-9-16(10-8-15)19(23)24/h3-10,14H,11-13H2,1-2H3,(H,23,24)(H2,21,22,25). The summed E-state index contributed by atoms with van der Waals surface area (Å²) < 4.78 is 5.34. The number of hydrogen-bond donors (Lipinski definition) is 3. The van der Waals surface area contributed by atoms with Crippen molar-refractivity contribution in [2.24, 2.45) is 5.92 Å². The van der Waals surface area contributed by atoms with Crippen LogP contribution in [0.4, 0.5) is 4.79 Å². The van der Waals surface area contributed by atoms with E-state index >= 15 is 0 Å². The first-order chi connectivity index (χ1) is 13.0. The molecule has 0 aromatic heterocycles. The van der Waals surface area contributed by atoms with Gasteiger partial charge in [0, 0.05) is 23.7 Å². The summed E-state index contributed by atoms with van der Waals surface area (Å²) in [5.74, 6) is 1.04. The van der Waals surface area contributed by atoms with Crippen LogP contribution in [-0.2, 0) is 6.54 Å². The summed E-state index contributed by atoms with van der Waals surface area (Å²) >= 11 is 1.70. The molecule has 27 heavy (non-hydrogen) atoms.